The predicted molar refractivity (Wildman–Crippen MR) is 77.8 cm³/mol. The van der Waals surface area contributed by atoms with Gasteiger partial charge < -0.3 is 4.90 Å². The van der Waals surface area contributed by atoms with Crippen molar-refractivity contribution < 1.29 is 0 Å². The van der Waals surface area contributed by atoms with Crippen molar-refractivity contribution in [2.45, 2.75) is 13.8 Å². The molecule has 0 atom stereocenters. The summed E-state index contributed by atoms with van der Waals surface area (Å²) in [7, 11) is 0. The summed E-state index contributed by atoms with van der Waals surface area (Å²) in [6.45, 7) is 14.0. The third-order valence-electron chi connectivity index (χ3n) is 3.32. The van der Waals surface area contributed by atoms with Gasteiger partial charge in [0.15, 0.2) is 0 Å². The van der Waals surface area contributed by atoms with Gasteiger partial charge in [-0.3, -0.25) is 4.90 Å². The van der Waals surface area contributed by atoms with E-state index in [0.29, 0.717) is 0 Å². The monoisotopic (exact) mass is 245 g/mol. The number of rotatable bonds is 4. The molecule has 1 fully saturated rings. The molecule has 2 rings (SSSR count). The highest BCUT2D eigenvalue weighted by molar-refractivity contribution is 5.53. The van der Waals surface area contributed by atoms with Crippen molar-refractivity contribution in [2.24, 2.45) is 5.92 Å². The molecule has 0 N–H and O–H groups in total. The lowest BCUT2D eigenvalue weighted by Gasteiger charge is -2.36. The van der Waals surface area contributed by atoms with Crippen molar-refractivity contribution in [3.8, 4) is 0 Å². The Labute approximate surface area is 110 Å². The molecule has 0 aromatic carbocycles. The van der Waals surface area contributed by atoms with Gasteiger partial charge in [-0.2, -0.15) is 0 Å². The minimum Gasteiger partial charge on any atom is -0.354 e. The van der Waals surface area contributed by atoms with Gasteiger partial charge in [0, 0.05) is 38.9 Å². The van der Waals surface area contributed by atoms with E-state index < -0.39 is 0 Å². The maximum Gasteiger partial charge on any atom is 0.129 e. The second kappa shape index (κ2) is 6.01. The molecule has 1 aliphatic heterocycles. The number of aromatic nitrogens is 1. The van der Waals surface area contributed by atoms with Crippen molar-refractivity contribution in [3.63, 3.8) is 0 Å². The normalized spacial score (nSPS) is 17.2. The Hall–Kier alpha value is -1.35. The van der Waals surface area contributed by atoms with Crippen LogP contribution in [0, 0.1) is 5.92 Å². The highest BCUT2D eigenvalue weighted by Crippen LogP contribution is 2.16. The molecule has 1 saturated heterocycles. The van der Waals surface area contributed by atoms with Crippen LogP contribution in [0.1, 0.15) is 19.4 Å². The molecule has 0 bridgehead atoms. The molecule has 1 aromatic heterocycles. The van der Waals surface area contributed by atoms with Gasteiger partial charge in [0.25, 0.3) is 0 Å². The Bertz CT molecular complexity index is 392. The lowest BCUT2D eigenvalue weighted by molar-refractivity contribution is 0.231. The van der Waals surface area contributed by atoms with Crippen molar-refractivity contribution >= 4 is 11.9 Å². The van der Waals surface area contributed by atoms with E-state index in [9.17, 15) is 0 Å². The van der Waals surface area contributed by atoms with E-state index in [1.54, 1.807) is 0 Å². The zero-order chi connectivity index (χ0) is 13.0. The first-order valence-corrected chi connectivity index (χ1v) is 6.75. The van der Waals surface area contributed by atoms with Gasteiger partial charge in [-0.05, 0) is 23.6 Å². The van der Waals surface area contributed by atoms with E-state index in [4.69, 9.17) is 0 Å². The summed E-state index contributed by atoms with van der Waals surface area (Å²) >= 11 is 0. The van der Waals surface area contributed by atoms with Crippen molar-refractivity contribution in [1.82, 2.24) is 9.88 Å². The van der Waals surface area contributed by atoms with Crippen LogP contribution in [-0.4, -0.2) is 42.6 Å². The van der Waals surface area contributed by atoms with Crippen LogP contribution < -0.4 is 4.90 Å². The maximum absolute atomic E-state index is 4.46. The third kappa shape index (κ3) is 3.33. The summed E-state index contributed by atoms with van der Waals surface area (Å²) in [5.74, 6) is 1.83. The molecular formula is C15H23N3. The maximum atomic E-state index is 4.46. The molecule has 0 radical (unpaired) electrons. The molecule has 0 amide bonds. The highest BCUT2D eigenvalue weighted by Gasteiger charge is 2.18. The van der Waals surface area contributed by atoms with E-state index in [-0.39, 0.29) is 0 Å². The topological polar surface area (TPSA) is 19.4 Å². The third-order valence-corrected chi connectivity index (χ3v) is 3.32. The first-order chi connectivity index (χ1) is 8.69. The van der Waals surface area contributed by atoms with Crippen LogP contribution in [0.4, 0.5) is 5.82 Å². The number of nitrogens with zero attached hydrogens (tertiary/aromatic N) is 3. The van der Waals surface area contributed by atoms with E-state index in [0.717, 1.165) is 43.5 Å². The van der Waals surface area contributed by atoms with Crippen LogP contribution in [0.2, 0.25) is 0 Å². The van der Waals surface area contributed by atoms with E-state index in [2.05, 4.69) is 41.3 Å². The fourth-order valence-corrected chi connectivity index (χ4v) is 2.41. The van der Waals surface area contributed by atoms with Gasteiger partial charge >= 0.3 is 0 Å². The molecule has 1 aliphatic rings. The van der Waals surface area contributed by atoms with E-state index in [1.165, 1.54) is 6.54 Å². The number of hydrogen-bond donors (Lipinski definition) is 0. The second-order valence-corrected chi connectivity index (χ2v) is 5.33. The number of hydrogen-bond acceptors (Lipinski definition) is 3. The van der Waals surface area contributed by atoms with Crippen molar-refractivity contribution in [2.75, 3.05) is 37.6 Å². The minimum atomic E-state index is 0.749. The van der Waals surface area contributed by atoms with Gasteiger partial charge in [-0.1, -0.05) is 26.5 Å². The summed E-state index contributed by atoms with van der Waals surface area (Å²) < 4.78 is 0. The lowest BCUT2D eigenvalue weighted by Crippen LogP contribution is -2.47. The largest absolute Gasteiger partial charge is 0.354 e. The fourth-order valence-electron chi connectivity index (χ4n) is 2.41. The van der Waals surface area contributed by atoms with Crippen LogP contribution in [0.25, 0.3) is 6.08 Å². The Morgan fingerprint density at radius 2 is 2.06 bits per heavy atom. The first kappa shape index (κ1) is 13.1. The van der Waals surface area contributed by atoms with Gasteiger partial charge in [0.2, 0.25) is 0 Å². The average molecular weight is 245 g/mol. The van der Waals surface area contributed by atoms with Crippen LogP contribution in [0.15, 0.2) is 24.9 Å². The summed E-state index contributed by atoms with van der Waals surface area (Å²) in [6.07, 6.45) is 3.74. The van der Waals surface area contributed by atoms with Gasteiger partial charge in [-0.15, -0.1) is 0 Å². The standard InChI is InChI=1S/C15H23N3/c1-4-14-5-6-16-15(11-14)18-9-7-17(8-10-18)12-13(2)3/h4-6,11,13H,1,7-10,12H2,2-3H3. The SMILES string of the molecule is C=Cc1ccnc(N2CCN(CC(C)C)CC2)c1. The van der Waals surface area contributed by atoms with Crippen molar-refractivity contribution in [3.05, 3.63) is 30.5 Å². The molecule has 3 heteroatoms. The lowest BCUT2D eigenvalue weighted by atomic mass is 10.2. The van der Waals surface area contributed by atoms with Crippen LogP contribution in [-0.2, 0) is 0 Å². The Morgan fingerprint density at radius 3 is 2.67 bits per heavy atom. The predicted octanol–water partition coefficient (Wildman–Crippen LogP) is 2.50. The summed E-state index contributed by atoms with van der Waals surface area (Å²) in [5.41, 5.74) is 1.14. The van der Waals surface area contributed by atoms with Gasteiger partial charge in [0.05, 0.1) is 0 Å². The zero-order valence-corrected chi connectivity index (χ0v) is 11.5. The molecule has 1 aromatic rings. The minimum absolute atomic E-state index is 0.749. The highest BCUT2D eigenvalue weighted by atomic mass is 15.3. The molecule has 0 spiro atoms. The summed E-state index contributed by atoms with van der Waals surface area (Å²) in [5, 5.41) is 0. The Morgan fingerprint density at radius 1 is 1.33 bits per heavy atom. The quantitative estimate of drug-likeness (QED) is 0.812. The second-order valence-electron chi connectivity index (χ2n) is 5.33. The Balaban J connectivity index is 1.94. The summed E-state index contributed by atoms with van der Waals surface area (Å²) in [6, 6.07) is 4.11. The first-order valence-electron chi connectivity index (χ1n) is 6.75. The smallest absolute Gasteiger partial charge is 0.129 e. The number of piperazine rings is 1. The molecular weight excluding hydrogens is 222 g/mol. The molecule has 18 heavy (non-hydrogen) atoms. The molecule has 98 valence electrons. The van der Waals surface area contributed by atoms with Crippen LogP contribution in [0.5, 0.6) is 0 Å². The van der Waals surface area contributed by atoms with Gasteiger partial charge in [0.1, 0.15) is 5.82 Å². The van der Waals surface area contributed by atoms with Gasteiger partial charge in [-0.25, -0.2) is 4.98 Å². The van der Waals surface area contributed by atoms with E-state index >= 15 is 0 Å². The molecule has 3 nitrogen and oxygen atoms in total. The number of pyridine rings is 1. The van der Waals surface area contributed by atoms with Crippen LogP contribution in [0.3, 0.4) is 0 Å². The van der Waals surface area contributed by atoms with Crippen molar-refractivity contribution in [1.29, 1.82) is 0 Å². The zero-order valence-electron chi connectivity index (χ0n) is 11.5. The molecule has 2 heterocycles. The molecule has 0 saturated carbocycles. The summed E-state index contributed by atoms with van der Waals surface area (Å²) in [4.78, 5) is 9.36. The van der Waals surface area contributed by atoms with Crippen LogP contribution >= 0.6 is 0 Å². The average Bonchev–Trinajstić information content (AvgIpc) is 2.39. The Kier molecular flexibility index (Phi) is 4.37. The molecule has 0 aliphatic carbocycles. The fraction of sp³-hybridized carbons (Fsp3) is 0.533. The molecule has 0 unspecified atom stereocenters. The van der Waals surface area contributed by atoms with E-state index in [1.807, 2.05) is 18.3 Å². The number of anilines is 1.